The molecule has 5 rings (SSSR count). The molecular weight excluding hydrogens is 563 g/mol. The van der Waals surface area contributed by atoms with Crippen molar-refractivity contribution in [3.63, 3.8) is 0 Å². The molecule has 2 fully saturated rings. The van der Waals surface area contributed by atoms with E-state index in [1.165, 1.54) is 6.20 Å². The van der Waals surface area contributed by atoms with Gasteiger partial charge in [-0.25, -0.2) is 4.98 Å². The first-order valence-corrected chi connectivity index (χ1v) is 16.8. The molecule has 1 aromatic heterocycles. The van der Waals surface area contributed by atoms with Crippen LogP contribution in [0.2, 0.25) is 5.02 Å². The highest BCUT2D eigenvalue weighted by atomic mass is 35.5. The number of piperidine rings is 1. The van der Waals surface area contributed by atoms with Crippen LogP contribution in [0.1, 0.15) is 12.8 Å². The van der Waals surface area contributed by atoms with Gasteiger partial charge in [0, 0.05) is 49.3 Å². The molecule has 0 aliphatic carbocycles. The molecule has 2 saturated heterocycles. The van der Waals surface area contributed by atoms with E-state index in [0.29, 0.717) is 40.0 Å². The van der Waals surface area contributed by atoms with Crippen LogP contribution in [0, 0.1) is 0 Å². The maximum Gasteiger partial charge on any atom is 0.229 e. The summed E-state index contributed by atoms with van der Waals surface area (Å²) in [4.78, 5) is 13.9. The van der Waals surface area contributed by atoms with Gasteiger partial charge in [-0.15, -0.1) is 0 Å². The number of aromatic nitrogens is 2. The number of ether oxygens (including phenoxy) is 3. The standard InChI is InChI=1S/C29H38ClN6O4P/c1-38-26-17-21(35-11-9-20(10-12-35)36-13-15-40-16-14-36)5-7-25(26)33-29-31-19-23(30)28(34-29)32-24-8-6-22(41(3,4)37)18-27(24)39-2/h5-8,17-20H,9-16H2,1-4H3,(H2,31,32,33,34). The normalized spacial score (nSPS) is 16.9. The third kappa shape index (κ3) is 7.07. The first-order valence-electron chi connectivity index (χ1n) is 13.8. The Kier molecular flexibility index (Phi) is 9.24. The molecule has 41 heavy (non-hydrogen) atoms. The number of benzene rings is 2. The molecule has 0 amide bonds. The van der Waals surface area contributed by atoms with E-state index in [4.69, 9.17) is 25.8 Å². The van der Waals surface area contributed by atoms with Crippen LogP contribution in [0.4, 0.5) is 28.8 Å². The first kappa shape index (κ1) is 29.5. The van der Waals surface area contributed by atoms with Crippen LogP contribution in [0.15, 0.2) is 42.6 Å². The molecule has 10 nitrogen and oxygen atoms in total. The molecule has 0 spiro atoms. The van der Waals surface area contributed by atoms with E-state index in [0.717, 1.165) is 68.9 Å². The van der Waals surface area contributed by atoms with Crippen molar-refractivity contribution >= 4 is 52.9 Å². The van der Waals surface area contributed by atoms with Gasteiger partial charge in [0.1, 0.15) is 23.7 Å². The van der Waals surface area contributed by atoms with Crippen LogP contribution in [0.25, 0.3) is 0 Å². The van der Waals surface area contributed by atoms with Gasteiger partial charge in [0.05, 0.1) is 45.0 Å². The van der Waals surface area contributed by atoms with Gasteiger partial charge in [0.15, 0.2) is 5.82 Å². The van der Waals surface area contributed by atoms with Crippen LogP contribution >= 0.6 is 18.7 Å². The van der Waals surface area contributed by atoms with Gasteiger partial charge in [-0.3, -0.25) is 4.90 Å². The number of halogens is 1. The van der Waals surface area contributed by atoms with E-state index in [1.54, 1.807) is 33.6 Å². The topological polar surface area (TPSA) is 101 Å². The summed E-state index contributed by atoms with van der Waals surface area (Å²) in [6.45, 7) is 9.20. The number of hydrogen-bond acceptors (Lipinski definition) is 10. The molecule has 3 aromatic rings. The molecule has 0 unspecified atom stereocenters. The summed E-state index contributed by atoms with van der Waals surface area (Å²) in [5.41, 5.74) is 2.53. The molecule has 0 saturated carbocycles. The Balaban J connectivity index is 1.28. The molecule has 0 atom stereocenters. The predicted octanol–water partition coefficient (Wildman–Crippen LogP) is 5.18. The van der Waals surface area contributed by atoms with E-state index in [9.17, 15) is 4.57 Å². The Morgan fingerprint density at radius 2 is 1.61 bits per heavy atom. The molecule has 220 valence electrons. The minimum Gasteiger partial charge on any atom is -0.495 e. The molecule has 0 radical (unpaired) electrons. The average Bonchev–Trinajstić information content (AvgIpc) is 2.99. The number of hydrogen-bond donors (Lipinski definition) is 2. The van der Waals surface area contributed by atoms with Crippen molar-refractivity contribution in [3.05, 3.63) is 47.6 Å². The number of nitrogens with one attached hydrogen (secondary N) is 2. The monoisotopic (exact) mass is 600 g/mol. The lowest BCUT2D eigenvalue weighted by Gasteiger charge is -2.40. The van der Waals surface area contributed by atoms with Gasteiger partial charge in [0.25, 0.3) is 0 Å². The van der Waals surface area contributed by atoms with E-state index in [-0.39, 0.29) is 0 Å². The smallest absolute Gasteiger partial charge is 0.229 e. The Hall–Kier alpha value is -3.04. The highest BCUT2D eigenvalue weighted by molar-refractivity contribution is 7.70. The van der Waals surface area contributed by atoms with Crippen LogP contribution in [0.5, 0.6) is 11.5 Å². The fourth-order valence-electron chi connectivity index (χ4n) is 5.29. The van der Waals surface area contributed by atoms with Gasteiger partial charge in [-0.05, 0) is 56.5 Å². The lowest BCUT2D eigenvalue weighted by Crippen LogP contribution is -2.49. The summed E-state index contributed by atoms with van der Waals surface area (Å²) in [6, 6.07) is 12.2. The summed E-state index contributed by atoms with van der Waals surface area (Å²) < 4.78 is 29.3. The van der Waals surface area contributed by atoms with Crippen LogP contribution in [0.3, 0.4) is 0 Å². The summed E-state index contributed by atoms with van der Waals surface area (Å²) in [5.74, 6) is 2.01. The lowest BCUT2D eigenvalue weighted by atomic mass is 10.0. The van der Waals surface area contributed by atoms with Crippen molar-refractivity contribution in [2.75, 3.05) is 82.5 Å². The fraction of sp³-hybridized carbons (Fsp3) is 0.448. The fourth-order valence-corrected chi connectivity index (χ4v) is 6.29. The number of nitrogens with zero attached hydrogens (tertiary/aromatic N) is 4. The molecule has 3 heterocycles. The second-order valence-corrected chi connectivity index (χ2v) is 14.3. The van der Waals surface area contributed by atoms with Crippen LogP contribution < -0.4 is 30.3 Å². The number of rotatable bonds is 9. The zero-order chi connectivity index (χ0) is 29.0. The van der Waals surface area contributed by atoms with Gasteiger partial charge in [-0.1, -0.05) is 11.6 Å². The summed E-state index contributed by atoms with van der Waals surface area (Å²) in [6.07, 6.45) is 3.81. The second kappa shape index (κ2) is 12.9. The third-order valence-corrected chi connectivity index (χ3v) is 9.43. The number of anilines is 5. The van der Waals surface area contributed by atoms with Crippen molar-refractivity contribution in [1.82, 2.24) is 14.9 Å². The minimum absolute atomic E-state index is 0.348. The van der Waals surface area contributed by atoms with Crippen molar-refractivity contribution in [3.8, 4) is 11.5 Å². The largest absolute Gasteiger partial charge is 0.495 e. The molecule has 2 N–H and O–H groups in total. The Morgan fingerprint density at radius 1 is 0.951 bits per heavy atom. The number of morpholine rings is 1. The van der Waals surface area contributed by atoms with Crippen LogP contribution in [-0.2, 0) is 9.30 Å². The highest BCUT2D eigenvalue weighted by Gasteiger charge is 2.26. The summed E-state index contributed by atoms with van der Waals surface area (Å²) >= 11 is 6.43. The van der Waals surface area contributed by atoms with E-state index in [1.807, 2.05) is 18.2 Å². The lowest BCUT2D eigenvalue weighted by molar-refractivity contribution is 0.0115. The van der Waals surface area contributed by atoms with Gasteiger partial charge >= 0.3 is 0 Å². The zero-order valence-corrected chi connectivity index (χ0v) is 25.7. The van der Waals surface area contributed by atoms with Gasteiger partial charge in [0.2, 0.25) is 5.95 Å². The summed E-state index contributed by atoms with van der Waals surface area (Å²) in [5, 5.41) is 7.56. The third-order valence-electron chi connectivity index (χ3n) is 7.63. The van der Waals surface area contributed by atoms with Crippen LogP contribution in [-0.4, -0.2) is 87.9 Å². The van der Waals surface area contributed by atoms with E-state index < -0.39 is 7.14 Å². The van der Waals surface area contributed by atoms with Gasteiger partial charge < -0.3 is 34.3 Å². The maximum absolute atomic E-state index is 12.5. The molecule has 2 aliphatic heterocycles. The van der Waals surface area contributed by atoms with Crippen molar-refractivity contribution in [1.29, 1.82) is 0 Å². The molecular formula is C29H38ClN6O4P. The van der Waals surface area contributed by atoms with Gasteiger partial charge in [-0.2, -0.15) is 4.98 Å². The SMILES string of the molecule is COc1cc(N2CCC(N3CCOCC3)CC2)ccc1Nc1ncc(Cl)c(Nc2ccc(P(C)(C)=O)cc2OC)n1. The quantitative estimate of drug-likeness (QED) is 0.319. The van der Waals surface area contributed by atoms with Crippen molar-refractivity contribution in [2.45, 2.75) is 18.9 Å². The Labute approximate surface area is 246 Å². The average molecular weight is 601 g/mol. The molecule has 12 heteroatoms. The predicted molar refractivity (Wildman–Crippen MR) is 166 cm³/mol. The first-order chi connectivity index (χ1) is 19.7. The molecule has 0 bridgehead atoms. The van der Waals surface area contributed by atoms with Crippen molar-refractivity contribution in [2.24, 2.45) is 0 Å². The zero-order valence-electron chi connectivity index (χ0n) is 24.0. The Bertz CT molecular complexity index is 1410. The Morgan fingerprint density at radius 3 is 2.29 bits per heavy atom. The van der Waals surface area contributed by atoms with Crippen molar-refractivity contribution < 1.29 is 18.8 Å². The highest BCUT2D eigenvalue weighted by Crippen LogP contribution is 2.39. The minimum atomic E-state index is -2.44. The maximum atomic E-state index is 12.5. The molecule has 2 aliphatic rings. The van der Waals surface area contributed by atoms with E-state index in [2.05, 4.69) is 42.5 Å². The number of methoxy groups -OCH3 is 2. The van der Waals surface area contributed by atoms with E-state index >= 15 is 0 Å². The summed E-state index contributed by atoms with van der Waals surface area (Å²) in [7, 11) is 0.789. The molecule has 2 aromatic carbocycles. The second-order valence-electron chi connectivity index (χ2n) is 10.6.